The highest BCUT2D eigenvalue weighted by Gasteiger charge is 2.33. The fourth-order valence-corrected chi connectivity index (χ4v) is 5.18. The number of aryl methyl sites for hydroxylation is 1. The molecule has 1 N–H and O–H groups in total. The van der Waals surface area contributed by atoms with Gasteiger partial charge in [0.25, 0.3) is 10.0 Å². The Balaban J connectivity index is 2.05. The molecule has 2 amide bonds. The van der Waals surface area contributed by atoms with Crippen molar-refractivity contribution in [1.29, 1.82) is 0 Å². The Morgan fingerprint density at radius 3 is 2.17 bits per heavy atom. The lowest BCUT2D eigenvalue weighted by Gasteiger charge is -2.32. The van der Waals surface area contributed by atoms with Crippen molar-refractivity contribution in [1.82, 2.24) is 10.2 Å². The van der Waals surface area contributed by atoms with Gasteiger partial charge in [0.15, 0.2) is 0 Å². The summed E-state index contributed by atoms with van der Waals surface area (Å²) in [4.78, 5) is 27.2. The number of carbonyl (C=O) groups excluding carboxylic acids is 2. The number of nitrogens with one attached hydrogen (secondary N) is 1. The summed E-state index contributed by atoms with van der Waals surface area (Å²) >= 11 is 0. The van der Waals surface area contributed by atoms with Crippen LogP contribution in [0.3, 0.4) is 0 Å². The molecular formula is C26H28FN3O4S. The highest BCUT2D eigenvalue weighted by molar-refractivity contribution is 7.92. The van der Waals surface area contributed by atoms with E-state index in [0.717, 1.165) is 4.31 Å². The largest absolute Gasteiger partial charge is 0.357 e. The van der Waals surface area contributed by atoms with Gasteiger partial charge in [-0.1, -0.05) is 54.6 Å². The highest BCUT2D eigenvalue weighted by Crippen LogP contribution is 2.27. The summed E-state index contributed by atoms with van der Waals surface area (Å²) in [6.45, 7) is 2.49. The van der Waals surface area contributed by atoms with Crippen LogP contribution in [0.4, 0.5) is 10.1 Å². The second-order valence-corrected chi connectivity index (χ2v) is 9.88. The Kier molecular flexibility index (Phi) is 8.24. The third kappa shape index (κ3) is 5.86. The maximum atomic E-state index is 14.4. The number of rotatable bonds is 9. The predicted octanol–water partition coefficient (Wildman–Crippen LogP) is 3.49. The number of halogens is 1. The number of para-hydroxylation sites is 1. The molecule has 3 rings (SSSR count). The monoisotopic (exact) mass is 497 g/mol. The molecule has 0 heterocycles. The van der Waals surface area contributed by atoms with Crippen molar-refractivity contribution >= 4 is 27.5 Å². The molecule has 0 aliphatic rings. The van der Waals surface area contributed by atoms with Gasteiger partial charge in [0.2, 0.25) is 11.8 Å². The molecule has 0 aliphatic heterocycles. The van der Waals surface area contributed by atoms with Crippen LogP contribution in [0, 0.1) is 12.7 Å². The standard InChI is InChI=1S/C26H28FN3O4S/c1-19-11-7-10-16-24(19)30(35(33,34)22-13-5-4-6-14-22)18-25(31)29(20(2)26(32)28-3)17-21-12-8-9-15-23(21)27/h4-16,20H,17-18H2,1-3H3,(H,28,32)/t20-/m1/s1. The van der Waals surface area contributed by atoms with Crippen molar-refractivity contribution in [3.8, 4) is 0 Å². The van der Waals surface area contributed by atoms with Gasteiger partial charge >= 0.3 is 0 Å². The molecule has 0 radical (unpaired) electrons. The molecule has 0 aromatic heterocycles. The zero-order valence-electron chi connectivity index (χ0n) is 19.8. The molecule has 3 aromatic carbocycles. The minimum atomic E-state index is -4.13. The molecule has 35 heavy (non-hydrogen) atoms. The smallest absolute Gasteiger partial charge is 0.264 e. The van der Waals surface area contributed by atoms with E-state index in [-0.39, 0.29) is 17.0 Å². The molecule has 7 nitrogen and oxygen atoms in total. The molecule has 0 saturated heterocycles. The van der Waals surface area contributed by atoms with E-state index in [1.54, 1.807) is 55.5 Å². The Morgan fingerprint density at radius 1 is 0.943 bits per heavy atom. The van der Waals surface area contributed by atoms with Crippen molar-refractivity contribution in [3.05, 3.63) is 95.8 Å². The van der Waals surface area contributed by atoms with Gasteiger partial charge in [-0.15, -0.1) is 0 Å². The minimum absolute atomic E-state index is 0.0241. The molecule has 0 aliphatic carbocycles. The molecule has 0 saturated carbocycles. The minimum Gasteiger partial charge on any atom is -0.357 e. The van der Waals surface area contributed by atoms with Gasteiger partial charge in [-0.3, -0.25) is 13.9 Å². The van der Waals surface area contributed by atoms with Crippen LogP contribution in [0.2, 0.25) is 0 Å². The number of benzene rings is 3. The maximum Gasteiger partial charge on any atom is 0.264 e. The average Bonchev–Trinajstić information content (AvgIpc) is 2.86. The van der Waals surface area contributed by atoms with Crippen LogP contribution in [0.25, 0.3) is 0 Å². The van der Waals surface area contributed by atoms with Crippen LogP contribution in [0.5, 0.6) is 0 Å². The number of hydrogen-bond acceptors (Lipinski definition) is 4. The zero-order chi connectivity index (χ0) is 25.6. The summed E-state index contributed by atoms with van der Waals surface area (Å²) in [6.07, 6.45) is 0. The molecule has 184 valence electrons. The zero-order valence-corrected chi connectivity index (χ0v) is 20.6. The molecule has 0 bridgehead atoms. The number of sulfonamides is 1. The van der Waals surface area contributed by atoms with Crippen LogP contribution in [0.15, 0.2) is 83.8 Å². The van der Waals surface area contributed by atoms with Crippen LogP contribution in [0.1, 0.15) is 18.1 Å². The van der Waals surface area contributed by atoms with Crippen molar-refractivity contribution in [2.24, 2.45) is 0 Å². The van der Waals surface area contributed by atoms with E-state index in [1.807, 2.05) is 0 Å². The first kappa shape index (κ1) is 25.9. The number of anilines is 1. The first-order chi connectivity index (χ1) is 16.7. The number of likely N-dealkylation sites (N-methyl/N-ethyl adjacent to an activating group) is 1. The van der Waals surface area contributed by atoms with Gasteiger partial charge in [0, 0.05) is 19.2 Å². The summed E-state index contributed by atoms with van der Waals surface area (Å²) in [5.41, 5.74) is 1.20. The lowest BCUT2D eigenvalue weighted by molar-refractivity contribution is -0.139. The van der Waals surface area contributed by atoms with Gasteiger partial charge in [-0.05, 0) is 43.7 Å². The highest BCUT2D eigenvalue weighted by atomic mass is 32.2. The average molecular weight is 498 g/mol. The summed E-state index contributed by atoms with van der Waals surface area (Å²) < 4.78 is 42.7. The fourth-order valence-electron chi connectivity index (χ4n) is 3.68. The normalized spacial score (nSPS) is 12.0. The van der Waals surface area contributed by atoms with Crippen molar-refractivity contribution in [2.45, 2.75) is 31.3 Å². The van der Waals surface area contributed by atoms with Crippen LogP contribution >= 0.6 is 0 Å². The van der Waals surface area contributed by atoms with Crippen molar-refractivity contribution in [3.63, 3.8) is 0 Å². The van der Waals surface area contributed by atoms with Gasteiger partial charge in [0.05, 0.1) is 10.6 Å². The lowest BCUT2D eigenvalue weighted by atomic mass is 10.1. The Hall–Kier alpha value is -3.72. The van der Waals surface area contributed by atoms with Gasteiger partial charge in [0.1, 0.15) is 18.4 Å². The van der Waals surface area contributed by atoms with Crippen LogP contribution < -0.4 is 9.62 Å². The van der Waals surface area contributed by atoms with E-state index in [2.05, 4.69) is 5.32 Å². The number of nitrogens with zero attached hydrogens (tertiary/aromatic N) is 2. The topological polar surface area (TPSA) is 86.8 Å². The van der Waals surface area contributed by atoms with Crippen LogP contribution in [-0.4, -0.2) is 44.8 Å². The van der Waals surface area contributed by atoms with E-state index >= 15 is 0 Å². The van der Waals surface area contributed by atoms with E-state index in [4.69, 9.17) is 0 Å². The summed E-state index contributed by atoms with van der Waals surface area (Å²) in [6, 6.07) is 19.6. The summed E-state index contributed by atoms with van der Waals surface area (Å²) in [5, 5.41) is 2.49. The van der Waals surface area contributed by atoms with Crippen LogP contribution in [-0.2, 0) is 26.2 Å². The predicted molar refractivity (Wildman–Crippen MR) is 133 cm³/mol. The lowest BCUT2D eigenvalue weighted by Crippen LogP contribution is -2.51. The Morgan fingerprint density at radius 2 is 1.54 bits per heavy atom. The number of hydrogen-bond donors (Lipinski definition) is 1. The second kappa shape index (κ2) is 11.1. The van der Waals surface area contributed by atoms with Crippen molar-refractivity contribution in [2.75, 3.05) is 17.9 Å². The molecular weight excluding hydrogens is 469 g/mol. The van der Waals surface area contributed by atoms with E-state index < -0.39 is 40.2 Å². The van der Waals surface area contributed by atoms with Gasteiger partial charge in [-0.2, -0.15) is 0 Å². The summed E-state index contributed by atoms with van der Waals surface area (Å²) in [7, 11) is -2.69. The maximum absolute atomic E-state index is 14.4. The third-order valence-corrected chi connectivity index (χ3v) is 7.48. The molecule has 0 unspecified atom stereocenters. The first-order valence-electron chi connectivity index (χ1n) is 11.0. The molecule has 3 aromatic rings. The molecule has 9 heteroatoms. The van der Waals surface area contributed by atoms with E-state index in [9.17, 15) is 22.4 Å². The van der Waals surface area contributed by atoms with Gasteiger partial charge < -0.3 is 10.2 Å². The fraction of sp³-hybridized carbons (Fsp3) is 0.231. The van der Waals surface area contributed by atoms with E-state index in [1.165, 1.54) is 49.2 Å². The Labute approximate surface area is 205 Å². The molecule has 1 atom stereocenters. The Bertz CT molecular complexity index is 1300. The summed E-state index contributed by atoms with van der Waals surface area (Å²) in [5.74, 6) is -1.63. The molecule has 0 spiro atoms. The number of carbonyl (C=O) groups is 2. The first-order valence-corrected chi connectivity index (χ1v) is 12.5. The molecule has 0 fully saturated rings. The second-order valence-electron chi connectivity index (χ2n) is 8.01. The third-order valence-electron chi connectivity index (χ3n) is 5.71. The van der Waals surface area contributed by atoms with E-state index in [0.29, 0.717) is 11.3 Å². The number of amides is 2. The van der Waals surface area contributed by atoms with Gasteiger partial charge in [-0.25, -0.2) is 12.8 Å². The quantitative estimate of drug-likeness (QED) is 0.490. The SMILES string of the molecule is CNC(=O)[C@@H](C)N(Cc1ccccc1F)C(=O)CN(c1ccccc1C)S(=O)(=O)c1ccccc1. The van der Waals surface area contributed by atoms with Crippen molar-refractivity contribution < 1.29 is 22.4 Å².